The molecule has 1 amide bonds. The molecule has 3 rings (SSSR count). The molecule has 3 aromatic rings. The van der Waals surface area contributed by atoms with Crippen molar-refractivity contribution in [3.8, 4) is 22.3 Å². The molecule has 156 valence electrons. The first-order valence-corrected chi connectivity index (χ1v) is 10.4. The van der Waals surface area contributed by atoms with Crippen LogP contribution in [0.3, 0.4) is 0 Å². The minimum atomic E-state index is -0.333. The van der Waals surface area contributed by atoms with Crippen LogP contribution in [0, 0.1) is 0 Å². The van der Waals surface area contributed by atoms with Gasteiger partial charge in [0.05, 0.1) is 5.69 Å². The van der Waals surface area contributed by atoms with E-state index in [1.165, 1.54) is 0 Å². The SMILES string of the molecule is CC(C)(C)NC(=O)c1cc(-c2ccc(Cl)cc2)cc(-c2cncnc2C(C)(C)C)c1. The van der Waals surface area contributed by atoms with Crippen LogP contribution in [0.5, 0.6) is 0 Å². The van der Waals surface area contributed by atoms with Crippen molar-refractivity contribution in [3.05, 3.63) is 71.3 Å². The average molecular weight is 422 g/mol. The maximum atomic E-state index is 13.0. The Hall–Kier alpha value is -2.72. The summed E-state index contributed by atoms with van der Waals surface area (Å²) in [5, 5.41) is 3.73. The zero-order chi connectivity index (χ0) is 22.1. The minimum absolute atomic E-state index is 0.117. The van der Waals surface area contributed by atoms with Crippen LogP contribution >= 0.6 is 11.6 Å². The largest absolute Gasteiger partial charge is 0.347 e. The standard InChI is InChI=1S/C25H28ClN3O/c1-24(2,3)22-21(14-27-15-28-22)18-11-17(16-7-9-20(26)10-8-16)12-19(13-18)23(30)29-25(4,5)6/h7-15H,1-6H3,(H,29,30). The van der Waals surface area contributed by atoms with Crippen LogP contribution in [0.1, 0.15) is 57.6 Å². The van der Waals surface area contributed by atoms with Crippen molar-refractivity contribution in [2.75, 3.05) is 0 Å². The summed E-state index contributed by atoms with van der Waals surface area (Å²) in [6, 6.07) is 13.5. The lowest BCUT2D eigenvalue weighted by Gasteiger charge is -2.23. The second-order valence-corrected chi connectivity index (χ2v) is 9.98. The third-order valence-electron chi connectivity index (χ3n) is 4.59. The Bertz CT molecular complexity index is 1060. The molecule has 0 unspecified atom stereocenters. The highest BCUT2D eigenvalue weighted by Gasteiger charge is 2.22. The summed E-state index contributed by atoms with van der Waals surface area (Å²) in [6.07, 6.45) is 3.39. The molecule has 0 saturated carbocycles. The molecular weight excluding hydrogens is 394 g/mol. The van der Waals surface area contributed by atoms with E-state index in [1.54, 1.807) is 6.33 Å². The van der Waals surface area contributed by atoms with Gasteiger partial charge < -0.3 is 5.32 Å². The monoisotopic (exact) mass is 421 g/mol. The normalized spacial score (nSPS) is 12.0. The minimum Gasteiger partial charge on any atom is -0.347 e. The number of nitrogens with zero attached hydrogens (tertiary/aromatic N) is 2. The molecule has 0 fully saturated rings. The Kier molecular flexibility index (Phi) is 6.00. The van der Waals surface area contributed by atoms with Crippen molar-refractivity contribution in [1.29, 1.82) is 0 Å². The number of aromatic nitrogens is 2. The van der Waals surface area contributed by atoms with Gasteiger partial charge in [-0.15, -0.1) is 0 Å². The van der Waals surface area contributed by atoms with E-state index in [4.69, 9.17) is 11.6 Å². The molecule has 1 aromatic heterocycles. The Morgan fingerprint density at radius 3 is 2.13 bits per heavy atom. The van der Waals surface area contributed by atoms with Crippen LogP contribution in [-0.4, -0.2) is 21.4 Å². The van der Waals surface area contributed by atoms with Crippen molar-refractivity contribution in [2.24, 2.45) is 0 Å². The molecule has 1 N–H and O–H groups in total. The number of amides is 1. The second kappa shape index (κ2) is 8.19. The first kappa shape index (κ1) is 22.0. The fourth-order valence-corrected chi connectivity index (χ4v) is 3.40. The van der Waals surface area contributed by atoms with Gasteiger partial charge in [0.15, 0.2) is 0 Å². The van der Waals surface area contributed by atoms with Gasteiger partial charge in [0, 0.05) is 33.3 Å². The molecule has 5 heteroatoms. The summed E-state index contributed by atoms with van der Waals surface area (Å²) in [7, 11) is 0. The fourth-order valence-electron chi connectivity index (χ4n) is 3.27. The van der Waals surface area contributed by atoms with E-state index in [0.717, 1.165) is 27.9 Å². The lowest BCUT2D eigenvalue weighted by molar-refractivity contribution is 0.0919. The zero-order valence-electron chi connectivity index (χ0n) is 18.4. The second-order valence-electron chi connectivity index (χ2n) is 9.55. The third kappa shape index (κ3) is 5.25. The molecule has 0 bridgehead atoms. The average Bonchev–Trinajstić information content (AvgIpc) is 2.66. The summed E-state index contributed by atoms with van der Waals surface area (Å²) in [6.45, 7) is 12.3. The summed E-state index contributed by atoms with van der Waals surface area (Å²) in [4.78, 5) is 21.8. The van der Waals surface area contributed by atoms with Crippen molar-refractivity contribution < 1.29 is 4.79 Å². The van der Waals surface area contributed by atoms with Crippen LogP contribution in [0.25, 0.3) is 22.3 Å². The van der Waals surface area contributed by atoms with Crippen molar-refractivity contribution in [3.63, 3.8) is 0 Å². The number of nitrogens with one attached hydrogen (secondary N) is 1. The number of halogens is 1. The van der Waals surface area contributed by atoms with E-state index in [-0.39, 0.29) is 16.9 Å². The first-order valence-electron chi connectivity index (χ1n) is 9.98. The molecule has 0 saturated heterocycles. The number of rotatable bonds is 3. The van der Waals surface area contributed by atoms with Gasteiger partial charge in [-0.05, 0) is 67.8 Å². The summed E-state index contributed by atoms with van der Waals surface area (Å²) < 4.78 is 0. The van der Waals surface area contributed by atoms with Gasteiger partial charge in [0.2, 0.25) is 0 Å². The zero-order valence-corrected chi connectivity index (χ0v) is 19.1. The molecule has 2 aromatic carbocycles. The smallest absolute Gasteiger partial charge is 0.251 e. The van der Waals surface area contributed by atoms with Crippen molar-refractivity contribution >= 4 is 17.5 Å². The van der Waals surface area contributed by atoms with Gasteiger partial charge >= 0.3 is 0 Å². The highest BCUT2D eigenvalue weighted by molar-refractivity contribution is 6.30. The lowest BCUT2D eigenvalue weighted by atomic mass is 9.85. The molecule has 0 spiro atoms. The molecular formula is C25H28ClN3O. The van der Waals surface area contributed by atoms with E-state index in [9.17, 15) is 4.79 Å². The molecule has 0 atom stereocenters. The molecule has 0 aliphatic heterocycles. The predicted molar refractivity (Wildman–Crippen MR) is 124 cm³/mol. The van der Waals surface area contributed by atoms with Crippen LogP contribution in [0.2, 0.25) is 5.02 Å². The van der Waals surface area contributed by atoms with Gasteiger partial charge in [-0.3, -0.25) is 4.79 Å². The molecule has 1 heterocycles. The molecule has 0 aliphatic rings. The molecule has 0 aliphatic carbocycles. The van der Waals surface area contributed by atoms with Crippen molar-refractivity contribution in [1.82, 2.24) is 15.3 Å². The van der Waals surface area contributed by atoms with Gasteiger partial charge in [-0.1, -0.05) is 44.5 Å². The molecule has 4 nitrogen and oxygen atoms in total. The summed E-state index contributed by atoms with van der Waals surface area (Å²) in [5.41, 5.74) is 4.79. The molecule has 30 heavy (non-hydrogen) atoms. The fraction of sp³-hybridized carbons (Fsp3) is 0.320. The Balaban J connectivity index is 2.21. The lowest BCUT2D eigenvalue weighted by Crippen LogP contribution is -2.40. The van der Waals surface area contributed by atoms with Crippen LogP contribution in [0.4, 0.5) is 0 Å². The van der Waals surface area contributed by atoms with E-state index in [2.05, 4.69) is 42.1 Å². The van der Waals surface area contributed by atoms with Crippen LogP contribution in [-0.2, 0) is 5.41 Å². The number of benzene rings is 2. The maximum absolute atomic E-state index is 13.0. The van der Waals surface area contributed by atoms with E-state index in [1.807, 2.05) is 63.4 Å². The van der Waals surface area contributed by atoms with E-state index in [0.29, 0.717) is 10.6 Å². The molecule has 0 radical (unpaired) electrons. The van der Waals surface area contributed by atoms with Gasteiger partial charge in [0.1, 0.15) is 6.33 Å². The Morgan fingerprint density at radius 1 is 0.900 bits per heavy atom. The van der Waals surface area contributed by atoms with Gasteiger partial charge in [0.25, 0.3) is 5.91 Å². The van der Waals surface area contributed by atoms with Gasteiger partial charge in [-0.2, -0.15) is 0 Å². The summed E-state index contributed by atoms with van der Waals surface area (Å²) >= 11 is 6.07. The third-order valence-corrected chi connectivity index (χ3v) is 4.85. The van der Waals surface area contributed by atoms with Crippen molar-refractivity contribution in [2.45, 2.75) is 52.5 Å². The maximum Gasteiger partial charge on any atom is 0.251 e. The Labute approximate surface area is 183 Å². The number of carbonyl (C=O) groups excluding carboxylic acids is 1. The Morgan fingerprint density at radius 2 is 1.53 bits per heavy atom. The van der Waals surface area contributed by atoms with E-state index < -0.39 is 0 Å². The topological polar surface area (TPSA) is 54.9 Å². The van der Waals surface area contributed by atoms with Gasteiger partial charge in [-0.25, -0.2) is 9.97 Å². The van der Waals surface area contributed by atoms with E-state index >= 15 is 0 Å². The first-order chi connectivity index (χ1) is 13.9. The quantitative estimate of drug-likeness (QED) is 0.540. The predicted octanol–water partition coefficient (Wildman–Crippen LogP) is 6.29. The highest BCUT2D eigenvalue weighted by Crippen LogP contribution is 2.34. The number of carbonyl (C=O) groups is 1. The number of hydrogen-bond donors (Lipinski definition) is 1. The van der Waals surface area contributed by atoms with Crippen LogP contribution < -0.4 is 5.32 Å². The van der Waals surface area contributed by atoms with Crippen LogP contribution in [0.15, 0.2) is 55.0 Å². The summed E-state index contributed by atoms with van der Waals surface area (Å²) in [5.74, 6) is -0.117. The number of hydrogen-bond acceptors (Lipinski definition) is 3. The highest BCUT2D eigenvalue weighted by atomic mass is 35.5.